The molecule has 1 aromatic heterocycles. The summed E-state index contributed by atoms with van der Waals surface area (Å²) in [6, 6.07) is 25.8. The van der Waals surface area contributed by atoms with Gasteiger partial charge in [0.15, 0.2) is 0 Å². The Kier molecular flexibility index (Phi) is 6.78. The van der Waals surface area contributed by atoms with Crippen molar-refractivity contribution in [1.82, 2.24) is 9.99 Å². The lowest BCUT2D eigenvalue weighted by atomic mass is 10.1. The van der Waals surface area contributed by atoms with Crippen molar-refractivity contribution in [3.63, 3.8) is 0 Å². The molecule has 0 spiro atoms. The van der Waals surface area contributed by atoms with Gasteiger partial charge in [0.25, 0.3) is 5.91 Å². The van der Waals surface area contributed by atoms with E-state index < -0.39 is 0 Å². The largest absolute Gasteiger partial charge is 0.497 e. The first-order valence-corrected chi connectivity index (χ1v) is 10.9. The van der Waals surface area contributed by atoms with Crippen molar-refractivity contribution >= 4 is 12.1 Å². The van der Waals surface area contributed by atoms with E-state index in [0.29, 0.717) is 17.1 Å². The zero-order chi connectivity index (χ0) is 24.1. The molecule has 0 aliphatic heterocycles. The second kappa shape index (κ2) is 10.1. The van der Waals surface area contributed by atoms with Crippen molar-refractivity contribution in [3.05, 3.63) is 101 Å². The molecule has 1 N–H and O–H groups in total. The number of aromatic nitrogens is 1. The van der Waals surface area contributed by atoms with Gasteiger partial charge >= 0.3 is 0 Å². The summed E-state index contributed by atoms with van der Waals surface area (Å²) < 4.78 is 12.6. The van der Waals surface area contributed by atoms with E-state index in [1.165, 1.54) is 11.1 Å². The minimum atomic E-state index is -0.348. The average Bonchev–Trinajstić information content (AvgIpc) is 3.16. The van der Waals surface area contributed by atoms with E-state index in [1.807, 2.05) is 31.2 Å². The number of amides is 1. The number of nitrogens with one attached hydrogen (secondary N) is 1. The summed E-state index contributed by atoms with van der Waals surface area (Å²) >= 11 is 0. The van der Waals surface area contributed by atoms with Crippen molar-refractivity contribution < 1.29 is 14.3 Å². The smallest absolute Gasteiger partial charge is 0.271 e. The van der Waals surface area contributed by atoms with E-state index in [4.69, 9.17) is 9.47 Å². The Morgan fingerprint density at radius 3 is 2.09 bits per heavy atom. The number of hydrazone groups is 1. The Hall–Kier alpha value is -4.32. The monoisotopic (exact) mass is 453 g/mol. The molecular weight excluding hydrogens is 426 g/mol. The molecule has 3 aromatic carbocycles. The van der Waals surface area contributed by atoms with E-state index in [2.05, 4.69) is 58.4 Å². The van der Waals surface area contributed by atoms with Crippen molar-refractivity contribution in [3.8, 4) is 28.3 Å². The molecule has 4 aromatic rings. The van der Waals surface area contributed by atoms with Crippen molar-refractivity contribution in [1.29, 1.82) is 0 Å². The number of nitrogens with zero attached hydrogens (tertiary/aromatic N) is 2. The maximum atomic E-state index is 12.6. The van der Waals surface area contributed by atoms with Crippen LogP contribution in [0.25, 0.3) is 16.8 Å². The fourth-order valence-corrected chi connectivity index (χ4v) is 3.91. The molecule has 0 atom stereocenters. The van der Waals surface area contributed by atoms with Gasteiger partial charge < -0.3 is 14.0 Å². The third-order valence-corrected chi connectivity index (χ3v) is 5.69. The summed E-state index contributed by atoms with van der Waals surface area (Å²) in [6.07, 6.45) is 1.66. The van der Waals surface area contributed by atoms with Crippen LogP contribution < -0.4 is 14.9 Å². The maximum absolute atomic E-state index is 12.6. The van der Waals surface area contributed by atoms with Crippen LogP contribution in [-0.4, -0.2) is 30.9 Å². The van der Waals surface area contributed by atoms with Crippen LogP contribution in [-0.2, 0) is 0 Å². The van der Waals surface area contributed by atoms with Crippen LogP contribution in [0.4, 0.5) is 0 Å². The average molecular weight is 454 g/mol. The lowest BCUT2D eigenvalue weighted by Gasteiger charge is -2.11. The normalized spacial score (nSPS) is 10.9. The fraction of sp³-hybridized carbons (Fsp3) is 0.143. The number of ether oxygens (including phenoxy) is 2. The van der Waals surface area contributed by atoms with Crippen molar-refractivity contribution in [2.24, 2.45) is 5.10 Å². The highest BCUT2D eigenvalue weighted by Gasteiger charge is 2.11. The molecule has 4 rings (SSSR count). The number of aryl methyl sites for hydroxylation is 1. The Balaban J connectivity index is 1.51. The third-order valence-electron chi connectivity index (χ3n) is 5.69. The van der Waals surface area contributed by atoms with Gasteiger partial charge in [0.1, 0.15) is 11.5 Å². The molecule has 1 amide bonds. The van der Waals surface area contributed by atoms with Gasteiger partial charge in [-0.3, -0.25) is 4.79 Å². The third kappa shape index (κ3) is 4.86. The number of hydrogen-bond donors (Lipinski definition) is 1. The molecule has 0 fully saturated rings. The fourth-order valence-electron chi connectivity index (χ4n) is 3.91. The number of benzene rings is 3. The number of rotatable bonds is 7. The van der Waals surface area contributed by atoms with Gasteiger partial charge in [0.05, 0.1) is 20.4 Å². The van der Waals surface area contributed by atoms with Crippen LogP contribution >= 0.6 is 0 Å². The van der Waals surface area contributed by atoms with Crippen LogP contribution in [0.3, 0.4) is 0 Å². The molecule has 0 saturated heterocycles. The minimum Gasteiger partial charge on any atom is -0.497 e. The van der Waals surface area contributed by atoms with Gasteiger partial charge in [-0.25, -0.2) is 5.43 Å². The standard InChI is InChI=1S/C28H27N3O3/c1-19-14-24(18-29-30-28(32)23-15-26(33-3)17-27(16-23)34-4)20(2)31(19)25-12-10-22(11-13-25)21-8-6-5-7-9-21/h5-18H,1-4H3,(H,30,32)/b29-18-. The second-order valence-electron chi connectivity index (χ2n) is 7.88. The minimum absolute atomic E-state index is 0.348. The van der Waals surface area contributed by atoms with Crippen LogP contribution in [0, 0.1) is 13.8 Å². The summed E-state index contributed by atoms with van der Waals surface area (Å²) in [6.45, 7) is 4.09. The predicted octanol–water partition coefficient (Wildman–Crippen LogP) is 5.54. The summed E-state index contributed by atoms with van der Waals surface area (Å²) in [5.41, 5.74) is 9.45. The molecule has 0 aliphatic carbocycles. The van der Waals surface area contributed by atoms with Crippen LogP contribution in [0.1, 0.15) is 27.3 Å². The SMILES string of the molecule is COc1cc(OC)cc(C(=O)N/N=C\c2cc(C)n(-c3ccc(-c4ccccc4)cc3)c2C)c1. The molecule has 0 saturated carbocycles. The Labute approximate surface area is 199 Å². The quantitative estimate of drug-likeness (QED) is 0.295. The Morgan fingerprint density at radius 1 is 0.853 bits per heavy atom. The predicted molar refractivity (Wildman–Crippen MR) is 135 cm³/mol. The molecule has 0 aliphatic rings. The van der Waals surface area contributed by atoms with Gasteiger partial charge in [-0.05, 0) is 55.3 Å². The number of carbonyl (C=O) groups excluding carboxylic acids is 1. The van der Waals surface area contributed by atoms with E-state index in [-0.39, 0.29) is 5.91 Å². The zero-order valence-corrected chi connectivity index (χ0v) is 19.7. The first kappa shape index (κ1) is 22.9. The molecular formula is C28H27N3O3. The van der Waals surface area contributed by atoms with E-state index in [0.717, 1.165) is 22.6 Å². The number of hydrogen-bond acceptors (Lipinski definition) is 4. The number of methoxy groups -OCH3 is 2. The maximum Gasteiger partial charge on any atom is 0.271 e. The molecule has 0 bridgehead atoms. The van der Waals surface area contributed by atoms with Crippen LogP contribution in [0.15, 0.2) is 84.0 Å². The van der Waals surface area contributed by atoms with Crippen molar-refractivity contribution in [2.45, 2.75) is 13.8 Å². The highest BCUT2D eigenvalue weighted by molar-refractivity contribution is 5.95. The molecule has 6 heteroatoms. The summed E-state index contributed by atoms with van der Waals surface area (Å²) in [5.74, 6) is 0.726. The van der Waals surface area contributed by atoms with Gasteiger partial charge in [0.2, 0.25) is 0 Å². The van der Waals surface area contributed by atoms with Gasteiger partial charge in [0, 0.05) is 34.3 Å². The van der Waals surface area contributed by atoms with E-state index >= 15 is 0 Å². The summed E-state index contributed by atoms with van der Waals surface area (Å²) in [7, 11) is 3.08. The molecule has 1 heterocycles. The van der Waals surface area contributed by atoms with Crippen LogP contribution in [0.2, 0.25) is 0 Å². The second-order valence-corrected chi connectivity index (χ2v) is 7.88. The first-order chi connectivity index (χ1) is 16.5. The van der Waals surface area contributed by atoms with E-state index in [9.17, 15) is 4.79 Å². The van der Waals surface area contributed by atoms with Crippen molar-refractivity contribution in [2.75, 3.05) is 14.2 Å². The van der Waals surface area contributed by atoms with Gasteiger partial charge in [-0.2, -0.15) is 5.10 Å². The lowest BCUT2D eigenvalue weighted by Crippen LogP contribution is -2.17. The zero-order valence-electron chi connectivity index (χ0n) is 19.7. The highest BCUT2D eigenvalue weighted by Crippen LogP contribution is 2.25. The molecule has 6 nitrogen and oxygen atoms in total. The van der Waals surface area contributed by atoms with Gasteiger partial charge in [-0.15, -0.1) is 0 Å². The Bertz CT molecular complexity index is 1300. The van der Waals surface area contributed by atoms with E-state index in [1.54, 1.807) is 38.6 Å². The van der Waals surface area contributed by atoms with Crippen LogP contribution in [0.5, 0.6) is 11.5 Å². The molecule has 0 radical (unpaired) electrons. The first-order valence-electron chi connectivity index (χ1n) is 10.9. The summed E-state index contributed by atoms with van der Waals surface area (Å²) in [4.78, 5) is 12.6. The molecule has 172 valence electrons. The highest BCUT2D eigenvalue weighted by atomic mass is 16.5. The molecule has 0 unspecified atom stereocenters. The molecule has 34 heavy (non-hydrogen) atoms. The summed E-state index contributed by atoms with van der Waals surface area (Å²) in [5, 5.41) is 4.17. The van der Waals surface area contributed by atoms with Gasteiger partial charge in [-0.1, -0.05) is 42.5 Å². The Morgan fingerprint density at radius 2 is 1.47 bits per heavy atom. The number of carbonyl (C=O) groups is 1. The lowest BCUT2D eigenvalue weighted by molar-refractivity contribution is 0.0954. The topological polar surface area (TPSA) is 64.8 Å².